The molecular weight excluding hydrogens is 540 g/mol. The molecule has 214 valence electrons. The minimum Gasteiger partial charge on any atom is -0.480 e. The summed E-state index contributed by atoms with van der Waals surface area (Å²) in [6.07, 6.45) is 0.898. The number of carboxylic acid groups (broad SMARTS) is 1. The van der Waals surface area contributed by atoms with E-state index in [1.54, 1.807) is 42.5 Å². The Morgan fingerprint density at radius 1 is 1.12 bits per heavy atom. The van der Waals surface area contributed by atoms with Gasteiger partial charge in [0.15, 0.2) is 5.96 Å². The average Bonchev–Trinajstić information content (AvgIpc) is 3.65. The number of rotatable bonds is 12. The zero-order valence-corrected chi connectivity index (χ0v) is 22.5. The maximum absolute atomic E-state index is 13.0. The summed E-state index contributed by atoms with van der Waals surface area (Å²) in [5.74, 6) is -1.44. The van der Waals surface area contributed by atoms with Gasteiger partial charge in [-0.3, -0.25) is 14.6 Å². The van der Waals surface area contributed by atoms with E-state index in [0.29, 0.717) is 30.6 Å². The number of carboxylic acids is 1. The molecule has 13 nitrogen and oxygen atoms in total. The smallest absolute Gasteiger partial charge is 0.326 e. The van der Waals surface area contributed by atoms with Crippen LogP contribution in [0.3, 0.4) is 0 Å². The Morgan fingerprint density at radius 3 is 2.55 bits per heavy atom. The molecule has 2 amide bonds. The Hall–Kier alpha value is -4.01. The number of sulfonamides is 1. The Balaban J connectivity index is 1.29. The van der Waals surface area contributed by atoms with Crippen LogP contribution < -0.4 is 21.3 Å². The number of aliphatic imine (C=N–C) groups is 1. The summed E-state index contributed by atoms with van der Waals surface area (Å²) in [7, 11) is -4.02. The maximum Gasteiger partial charge on any atom is 0.326 e. The highest BCUT2D eigenvalue weighted by Gasteiger charge is 2.41. The third kappa shape index (κ3) is 7.55. The van der Waals surface area contributed by atoms with Crippen LogP contribution in [0.5, 0.6) is 0 Å². The molecule has 0 saturated carbocycles. The molecule has 0 radical (unpaired) electrons. The normalized spacial score (nSPS) is 17.9. The number of aliphatic carboxylic acids is 1. The van der Waals surface area contributed by atoms with Gasteiger partial charge in [0.25, 0.3) is 0 Å². The van der Waals surface area contributed by atoms with Crippen molar-refractivity contribution in [2.75, 3.05) is 38.3 Å². The summed E-state index contributed by atoms with van der Waals surface area (Å²) in [4.78, 5) is 41.4. The summed E-state index contributed by atoms with van der Waals surface area (Å²) >= 11 is 0. The molecule has 5 N–H and O–H groups in total. The van der Waals surface area contributed by atoms with Crippen LogP contribution >= 0.6 is 0 Å². The van der Waals surface area contributed by atoms with E-state index in [0.717, 1.165) is 23.4 Å². The minimum atomic E-state index is -4.02. The van der Waals surface area contributed by atoms with Crippen LogP contribution in [-0.4, -0.2) is 86.6 Å². The van der Waals surface area contributed by atoms with E-state index in [1.165, 1.54) is 12.1 Å². The highest BCUT2D eigenvalue weighted by Crippen LogP contribution is 2.22. The van der Waals surface area contributed by atoms with Gasteiger partial charge in [-0.15, -0.1) is 0 Å². The lowest BCUT2D eigenvalue weighted by Gasteiger charge is -2.23. The molecule has 0 aliphatic carbocycles. The fourth-order valence-electron chi connectivity index (χ4n) is 4.22. The predicted molar refractivity (Wildman–Crippen MR) is 146 cm³/mol. The first-order valence-corrected chi connectivity index (χ1v) is 14.3. The number of nitrogens with zero attached hydrogens (tertiary/aromatic N) is 2. The first-order chi connectivity index (χ1) is 19.2. The van der Waals surface area contributed by atoms with Gasteiger partial charge in [-0.2, -0.15) is 4.31 Å². The number of anilines is 1. The standard InChI is InChI=1S/C26H32N6O7S/c33-23(7-4-12-27-26-28-13-14-29-26)30-19-10-8-18(9-11-19)15-21(25(35)36)31-24(34)22-16-39-17-32(22)40(37,38)20-5-2-1-3-6-20/h1-3,5-6,8-11,21-22H,4,7,12-17H2,(H,30,33)(H,31,34)(H,35,36)(H2,27,28,29)/t21-,22-/m0/s1. The number of hydrogen-bond acceptors (Lipinski definition) is 9. The van der Waals surface area contributed by atoms with Gasteiger partial charge in [0.1, 0.15) is 18.8 Å². The predicted octanol–water partition coefficient (Wildman–Crippen LogP) is 0.113. The minimum absolute atomic E-state index is 0.00765. The van der Waals surface area contributed by atoms with E-state index in [2.05, 4.69) is 26.3 Å². The van der Waals surface area contributed by atoms with Gasteiger partial charge in [-0.25, -0.2) is 13.2 Å². The zero-order chi connectivity index (χ0) is 28.5. The first kappa shape index (κ1) is 29.0. The molecule has 2 aliphatic heterocycles. The molecule has 14 heteroatoms. The van der Waals surface area contributed by atoms with Crippen molar-refractivity contribution in [3.63, 3.8) is 0 Å². The molecule has 2 aromatic carbocycles. The highest BCUT2D eigenvalue weighted by atomic mass is 32.2. The van der Waals surface area contributed by atoms with Crippen molar-refractivity contribution in [1.82, 2.24) is 20.3 Å². The monoisotopic (exact) mass is 572 g/mol. The molecule has 0 spiro atoms. The number of carbonyl (C=O) groups excluding carboxylic acids is 2. The van der Waals surface area contributed by atoms with Crippen molar-refractivity contribution in [2.24, 2.45) is 4.99 Å². The van der Waals surface area contributed by atoms with Gasteiger partial charge >= 0.3 is 5.97 Å². The molecule has 2 aliphatic rings. The van der Waals surface area contributed by atoms with Crippen LogP contribution in [0.2, 0.25) is 0 Å². The van der Waals surface area contributed by atoms with Crippen molar-refractivity contribution in [3.05, 3.63) is 60.2 Å². The van der Waals surface area contributed by atoms with Crippen LogP contribution in [0, 0.1) is 0 Å². The van der Waals surface area contributed by atoms with Crippen LogP contribution in [0.4, 0.5) is 5.69 Å². The number of amides is 2. The Bertz CT molecular complexity index is 1340. The van der Waals surface area contributed by atoms with Crippen molar-refractivity contribution >= 4 is 39.5 Å². The van der Waals surface area contributed by atoms with Gasteiger partial charge in [0, 0.05) is 31.6 Å². The maximum atomic E-state index is 13.0. The molecule has 0 aromatic heterocycles. The molecule has 2 aromatic rings. The van der Waals surface area contributed by atoms with Gasteiger partial charge < -0.3 is 31.1 Å². The number of nitrogens with one attached hydrogen (secondary N) is 4. The van der Waals surface area contributed by atoms with Crippen LogP contribution in [0.15, 0.2) is 64.5 Å². The summed E-state index contributed by atoms with van der Waals surface area (Å²) in [5.41, 5.74) is 1.17. The Kier molecular flexibility index (Phi) is 9.69. The molecular formula is C26H32N6O7S. The molecule has 4 rings (SSSR count). The van der Waals surface area contributed by atoms with Crippen LogP contribution in [0.1, 0.15) is 18.4 Å². The average molecular weight is 573 g/mol. The van der Waals surface area contributed by atoms with Gasteiger partial charge in [0.05, 0.1) is 18.0 Å². The second-order valence-corrected chi connectivity index (χ2v) is 11.1. The number of guanidine groups is 1. The summed E-state index contributed by atoms with van der Waals surface area (Å²) in [6.45, 7) is 1.66. The molecule has 0 unspecified atom stereocenters. The largest absolute Gasteiger partial charge is 0.480 e. The quantitative estimate of drug-likeness (QED) is 0.221. The van der Waals surface area contributed by atoms with Crippen molar-refractivity contribution in [3.8, 4) is 0 Å². The third-order valence-electron chi connectivity index (χ3n) is 6.33. The van der Waals surface area contributed by atoms with E-state index in [9.17, 15) is 27.9 Å². The fraction of sp³-hybridized carbons (Fsp3) is 0.385. The molecule has 0 bridgehead atoms. The summed E-state index contributed by atoms with van der Waals surface area (Å²) in [5, 5.41) is 21.2. The Morgan fingerprint density at radius 2 is 1.88 bits per heavy atom. The van der Waals surface area contributed by atoms with Crippen molar-refractivity contribution in [2.45, 2.75) is 36.2 Å². The molecule has 2 heterocycles. The van der Waals surface area contributed by atoms with Gasteiger partial charge in [0.2, 0.25) is 21.8 Å². The van der Waals surface area contributed by atoms with Crippen molar-refractivity contribution < 1.29 is 32.6 Å². The first-order valence-electron chi connectivity index (χ1n) is 12.8. The van der Waals surface area contributed by atoms with E-state index in [1.807, 2.05) is 0 Å². The van der Waals surface area contributed by atoms with E-state index >= 15 is 0 Å². The number of carbonyl (C=O) groups is 3. The topological polar surface area (TPSA) is 179 Å². The van der Waals surface area contributed by atoms with E-state index in [-0.39, 0.29) is 30.6 Å². The second-order valence-electron chi connectivity index (χ2n) is 9.26. The lowest BCUT2D eigenvalue weighted by molar-refractivity contribution is -0.142. The second kappa shape index (κ2) is 13.4. The SMILES string of the molecule is O=C(CCCNC1=NCCN1)Nc1ccc(C[C@H](NC(=O)[C@@H]2COCN2S(=O)(=O)c2ccccc2)C(=O)O)cc1. The van der Waals surface area contributed by atoms with Gasteiger partial charge in [-0.05, 0) is 36.2 Å². The van der Waals surface area contributed by atoms with E-state index < -0.39 is 34.0 Å². The van der Waals surface area contributed by atoms with Crippen LogP contribution in [-0.2, 0) is 35.6 Å². The molecule has 2 atom stereocenters. The zero-order valence-electron chi connectivity index (χ0n) is 21.7. The number of hydrogen-bond donors (Lipinski definition) is 5. The summed E-state index contributed by atoms with van der Waals surface area (Å²) in [6, 6.07) is 11.8. The number of benzene rings is 2. The third-order valence-corrected chi connectivity index (χ3v) is 8.18. The Labute approximate surface area is 232 Å². The van der Waals surface area contributed by atoms with Crippen LogP contribution in [0.25, 0.3) is 0 Å². The lowest BCUT2D eigenvalue weighted by atomic mass is 10.0. The highest BCUT2D eigenvalue weighted by molar-refractivity contribution is 7.89. The lowest BCUT2D eigenvalue weighted by Crippen LogP contribution is -2.52. The fourth-order valence-corrected chi connectivity index (χ4v) is 5.70. The molecule has 1 fully saturated rings. The molecule has 40 heavy (non-hydrogen) atoms. The van der Waals surface area contributed by atoms with E-state index in [4.69, 9.17) is 4.74 Å². The van der Waals surface area contributed by atoms with Crippen molar-refractivity contribution in [1.29, 1.82) is 0 Å². The van der Waals surface area contributed by atoms with Gasteiger partial charge in [-0.1, -0.05) is 30.3 Å². The number of ether oxygens (including phenoxy) is 1. The summed E-state index contributed by atoms with van der Waals surface area (Å²) < 4.78 is 32.2. The molecule has 1 saturated heterocycles.